The summed E-state index contributed by atoms with van der Waals surface area (Å²) in [5.74, 6) is 0. The molecule has 0 aliphatic carbocycles. The number of hydrogen-bond acceptors (Lipinski definition) is 1. The molecule has 1 aliphatic rings. The van der Waals surface area contributed by atoms with Crippen LogP contribution in [0.3, 0.4) is 0 Å². The van der Waals surface area contributed by atoms with Crippen molar-refractivity contribution in [3.05, 3.63) is 30.4 Å². The van der Waals surface area contributed by atoms with Crippen LogP contribution >= 0.6 is 0 Å². The van der Waals surface area contributed by atoms with E-state index in [0.29, 0.717) is 0 Å². The van der Waals surface area contributed by atoms with Gasteiger partial charge in [0, 0.05) is 11.6 Å². The molecule has 0 amide bonds. The van der Waals surface area contributed by atoms with E-state index in [4.69, 9.17) is 0 Å². The fraction of sp³-hybridized carbons (Fsp3) is 0.364. The van der Waals surface area contributed by atoms with Crippen LogP contribution in [-0.2, 0) is 0 Å². The van der Waals surface area contributed by atoms with E-state index in [1.54, 1.807) is 0 Å². The van der Waals surface area contributed by atoms with Crippen molar-refractivity contribution in [2.45, 2.75) is 20.3 Å². The summed E-state index contributed by atoms with van der Waals surface area (Å²) in [5.41, 5.74) is 1.34. The van der Waals surface area contributed by atoms with Gasteiger partial charge in [-0.15, -0.1) is 0 Å². The van der Waals surface area contributed by atoms with E-state index in [2.05, 4.69) is 43.3 Å². The monoisotopic (exact) mass is 174 g/mol. The van der Waals surface area contributed by atoms with Crippen molar-refractivity contribution in [2.75, 3.05) is 0 Å². The molecule has 13 heavy (non-hydrogen) atoms. The van der Waals surface area contributed by atoms with Gasteiger partial charge < -0.3 is 4.57 Å². The molecule has 0 N–H and O–H groups in total. The zero-order valence-corrected chi connectivity index (χ0v) is 8.07. The first-order valence-electron chi connectivity index (χ1n) is 4.64. The molecule has 0 spiro atoms. The number of fused-ring (bicyclic) bond motifs is 1. The number of aromatic nitrogens is 2. The van der Waals surface area contributed by atoms with Gasteiger partial charge in [0.05, 0.1) is 18.2 Å². The van der Waals surface area contributed by atoms with Gasteiger partial charge in [-0.1, -0.05) is 26.0 Å². The average Bonchev–Trinajstić information content (AvgIpc) is 2.54. The van der Waals surface area contributed by atoms with Crippen LogP contribution in [0.2, 0.25) is 0 Å². The van der Waals surface area contributed by atoms with E-state index in [0.717, 1.165) is 12.1 Å². The van der Waals surface area contributed by atoms with Crippen molar-refractivity contribution in [3.8, 4) is 0 Å². The maximum Gasteiger partial charge on any atom is 0.0991 e. The highest BCUT2D eigenvalue weighted by atomic mass is 15.0. The van der Waals surface area contributed by atoms with Crippen molar-refractivity contribution in [1.82, 2.24) is 9.55 Å². The lowest BCUT2D eigenvalue weighted by Crippen LogP contribution is -2.06. The first kappa shape index (κ1) is 8.30. The molecule has 0 saturated carbocycles. The van der Waals surface area contributed by atoms with E-state index in [9.17, 15) is 0 Å². The van der Waals surface area contributed by atoms with Gasteiger partial charge in [-0.25, -0.2) is 4.98 Å². The molecule has 0 bridgehead atoms. The summed E-state index contributed by atoms with van der Waals surface area (Å²) >= 11 is 0. The Morgan fingerprint density at radius 1 is 1.46 bits per heavy atom. The quantitative estimate of drug-likeness (QED) is 0.640. The Morgan fingerprint density at radius 3 is 3.08 bits per heavy atom. The molecule has 1 aromatic heterocycles. The van der Waals surface area contributed by atoms with E-state index in [-0.39, 0.29) is 5.41 Å². The zero-order valence-electron chi connectivity index (χ0n) is 8.07. The summed E-state index contributed by atoms with van der Waals surface area (Å²) in [5, 5.41) is 0. The predicted molar refractivity (Wildman–Crippen MR) is 55.0 cm³/mol. The van der Waals surface area contributed by atoms with E-state index in [1.807, 2.05) is 17.1 Å². The first-order chi connectivity index (χ1) is 6.23. The van der Waals surface area contributed by atoms with Crippen molar-refractivity contribution in [2.24, 2.45) is 5.41 Å². The number of imidazole rings is 1. The van der Waals surface area contributed by atoms with Gasteiger partial charge in [0.15, 0.2) is 0 Å². The summed E-state index contributed by atoms with van der Waals surface area (Å²) in [6, 6.07) is 0. The second kappa shape index (κ2) is 2.87. The fourth-order valence-electron chi connectivity index (χ4n) is 1.39. The van der Waals surface area contributed by atoms with Crippen LogP contribution in [0.1, 0.15) is 26.0 Å². The summed E-state index contributed by atoms with van der Waals surface area (Å²) in [6.07, 6.45) is 13.5. The van der Waals surface area contributed by atoms with Gasteiger partial charge >= 0.3 is 0 Å². The summed E-state index contributed by atoms with van der Waals surface area (Å²) in [4.78, 5) is 4.08. The normalized spacial score (nSPS) is 25.7. The zero-order chi connectivity index (χ0) is 9.31. The predicted octanol–water partition coefficient (Wildman–Crippen LogP) is 2.80. The van der Waals surface area contributed by atoms with Gasteiger partial charge in [0.2, 0.25) is 0 Å². The highest BCUT2D eigenvalue weighted by Gasteiger charge is 2.16. The van der Waals surface area contributed by atoms with Gasteiger partial charge in [-0.3, -0.25) is 0 Å². The highest BCUT2D eigenvalue weighted by molar-refractivity contribution is 5.53. The van der Waals surface area contributed by atoms with Crippen LogP contribution in [0.15, 0.2) is 24.7 Å². The molecule has 0 fully saturated rings. The molecule has 2 rings (SSSR count). The number of rotatable bonds is 1. The van der Waals surface area contributed by atoms with Crippen LogP contribution in [0, 0.1) is 5.41 Å². The molecule has 0 aromatic carbocycles. The highest BCUT2D eigenvalue weighted by Crippen LogP contribution is 2.28. The van der Waals surface area contributed by atoms with Gasteiger partial charge in [0.1, 0.15) is 0 Å². The van der Waals surface area contributed by atoms with Crippen molar-refractivity contribution < 1.29 is 0 Å². The molecule has 1 unspecified atom stereocenters. The smallest absolute Gasteiger partial charge is 0.0991 e. The minimum Gasteiger partial charge on any atom is -0.307 e. The standard InChI is InChI=1S/C11H14N2/c1-3-11(2)5-4-10-8-12-9-13(10)7-6-11/h4-9H,3H2,1-2H3. The van der Waals surface area contributed by atoms with Crippen LogP contribution in [0.4, 0.5) is 0 Å². The van der Waals surface area contributed by atoms with Crippen LogP contribution in [-0.4, -0.2) is 9.55 Å². The van der Waals surface area contributed by atoms with Crippen LogP contribution in [0.5, 0.6) is 0 Å². The number of nitrogens with zero attached hydrogens (tertiary/aromatic N) is 2. The Kier molecular flexibility index (Phi) is 1.83. The maximum absolute atomic E-state index is 4.08. The number of allylic oxidation sites excluding steroid dienone is 2. The maximum atomic E-state index is 4.08. The molecular formula is C11H14N2. The second-order valence-corrected chi connectivity index (χ2v) is 3.73. The lowest BCUT2D eigenvalue weighted by atomic mass is 9.87. The largest absolute Gasteiger partial charge is 0.307 e. The first-order valence-corrected chi connectivity index (χ1v) is 4.64. The Morgan fingerprint density at radius 2 is 2.31 bits per heavy atom. The van der Waals surface area contributed by atoms with Crippen LogP contribution < -0.4 is 0 Å². The van der Waals surface area contributed by atoms with Crippen LogP contribution in [0.25, 0.3) is 12.3 Å². The van der Waals surface area contributed by atoms with Gasteiger partial charge in [0.25, 0.3) is 0 Å². The Labute approximate surface area is 78.6 Å². The molecule has 1 aromatic rings. The number of hydrogen-bond donors (Lipinski definition) is 0. The average molecular weight is 174 g/mol. The summed E-state index contributed by atoms with van der Waals surface area (Å²) in [7, 11) is 0. The SMILES string of the molecule is CCC1(C)C=Cc2cncn2C=C1. The van der Waals surface area contributed by atoms with Crippen molar-refractivity contribution in [1.29, 1.82) is 0 Å². The summed E-state index contributed by atoms with van der Waals surface area (Å²) < 4.78 is 2.04. The fourth-order valence-corrected chi connectivity index (χ4v) is 1.39. The van der Waals surface area contributed by atoms with E-state index in [1.165, 1.54) is 0 Å². The molecule has 2 heteroatoms. The van der Waals surface area contributed by atoms with Gasteiger partial charge in [-0.05, 0) is 12.5 Å². The molecule has 0 radical (unpaired) electrons. The van der Waals surface area contributed by atoms with E-state index < -0.39 is 0 Å². The molecular weight excluding hydrogens is 160 g/mol. The Hall–Kier alpha value is -1.31. The molecule has 2 nitrogen and oxygen atoms in total. The second-order valence-electron chi connectivity index (χ2n) is 3.73. The third-order valence-corrected chi connectivity index (χ3v) is 2.71. The molecule has 0 saturated heterocycles. The molecule has 68 valence electrons. The third-order valence-electron chi connectivity index (χ3n) is 2.71. The van der Waals surface area contributed by atoms with Gasteiger partial charge in [-0.2, -0.15) is 0 Å². The minimum absolute atomic E-state index is 0.193. The Balaban J connectivity index is 2.43. The lowest BCUT2D eigenvalue weighted by Gasteiger charge is -2.17. The topological polar surface area (TPSA) is 17.8 Å². The lowest BCUT2D eigenvalue weighted by molar-refractivity contribution is 0.535. The minimum atomic E-state index is 0.193. The molecule has 1 aliphatic heterocycles. The summed E-state index contributed by atoms with van der Waals surface area (Å²) in [6.45, 7) is 4.44. The van der Waals surface area contributed by atoms with Crippen molar-refractivity contribution >= 4 is 12.3 Å². The van der Waals surface area contributed by atoms with Crippen molar-refractivity contribution in [3.63, 3.8) is 0 Å². The molecule has 2 heterocycles. The van der Waals surface area contributed by atoms with E-state index >= 15 is 0 Å². The Bertz CT molecular complexity index is 329. The third kappa shape index (κ3) is 1.44. The molecule has 1 atom stereocenters.